The van der Waals surface area contributed by atoms with Crippen LogP contribution in [0.1, 0.15) is 20.3 Å². The largest absolute Gasteiger partial charge is 0.480 e. The molecule has 1 amide bonds. The third-order valence-corrected chi connectivity index (χ3v) is 5.15. The van der Waals surface area contributed by atoms with Gasteiger partial charge in [0.15, 0.2) is 0 Å². The van der Waals surface area contributed by atoms with Crippen molar-refractivity contribution in [2.24, 2.45) is 0 Å². The molecule has 1 aliphatic rings. The van der Waals surface area contributed by atoms with Crippen LogP contribution in [0.3, 0.4) is 0 Å². The predicted molar refractivity (Wildman–Crippen MR) is 64.5 cm³/mol. The first-order chi connectivity index (χ1) is 8.09. The van der Waals surface area contributed by atoms with Crippen LogP contribution in [-0.2, 0) is 19.6 Å². The summed E-state index contributed by atoms with van der Waals surface area (Å²) in [5.74, 6) is -1.61. The molecule has 1 aliphatic heterocycles. The zero-order valence-corrected chi connectivity index (χ0v) is 11.5. The summed E-state index contributed by atoms with van der Waals surface area (Å²) in [5, 5.41) is 9.00. The highest BCUT2D eigenvalue weighted by molar-refractivity contribution is 7.89. The second-order valence-corrected chi connectivity index (χ2v) is 6.91. The van der Waals surface area contributed by atoms with Crippen LogP contribution in [0, 0.1) is 0 Å². The summed E-state index contributed by atoms with van der Waals surface area (Å²) in [6, 6.07) is 0. The van der Waals surface area contributed by atoms with E-state index in [2.05, 4.69) is 0 Å². The maximum atomic E-state index is 11.9. The van der Waals surface area contributed by atoms with Gasteiger partial charge in [-0.15, -0.1) is 0 Å². The molecule has 0 aromatic rings. The van der Waals surface area contributed by atoms with Crippen LogP contribution in [0.15, 0.2) is 0 Å². The molecule has 0 bridgehead atoms. The minimum absolute atomic E-state index is 0.0479. The molecule has 0 unspecified atom stereocenters. The summed E-state index contributed by atoms with van der Waals surface area (Å²) in [5.41, 5.74) is -1.36. The maximum absolute atomic E-state index is 11.9. The van der Waals surface area contributed by atoms with Crippen molar-refractivity contribution in [2.45, 2.75) is 25.8 Å². The third kappa shape index (κ3) is 2.81. The van der Waals surface area contributed by atoms with Gasteiger partial charge in [0.05, 0.1) is 12.3 Å². The van der Waals surface area contributed by atoms with Crippen LogP contribution in [0.4, 0.5) is 0 Å². The van der Waals surface area contributed by atoms with Gasteiger partial charge in [0, 0.05) is 13.6 Å². The number of hydrogen-bond acceptors (Lipinski definition) is 4. The quantitative estimate of drug-likeness (QED) is 0.737. The molecule has 104 valence electrons. The standard InChI is InChI=1S/C10H18N2O5S/c1-10(2,9(14)15)11(3)8(13)7-12-5-4-6-18(12,16)17/h4-7H2,1-3H3,(H,14,15). The van der Waals surface area contributed by atoms with Crippen molar-refractivity contribution in [2.75, 3.05) is 25.9 Å². The van der Waals surface area contributed by atoms with Crippen LogP contribution in [-0.4, -0.2) is 66.0 Å². The van der Waals surface area contributed by atoms with Gasteiger partial charge in [-0.25, -0.2) is 13.2 Å². The van der Waals surface area contributed by atoms with Crippen LogP contribution >= 0.6 is 0 Å². The van der Waals surface area contributed by atoms with E-state index in [-0.39, 0.29) is 12.3 Å². The summed E-state index contributed by atoms with van der Waals surface area (Å²) in [4.78, 5) is 24.0. The number of aliphatic carboxylic acids is 1. The van der Waals surface area contributed by atoms with E-state index in [0.717, 1.165) is 9.21 Å². The van der Waals surface area contributed by atoms with Gasteiger partial charge in [0.2, 0.25) is 15.9 Å². The lowest BCUT2D eigenvalue weighted by atomic mass is 10.0. The predicted octanol–water partition coefficient (Wildman–Crippen LogP) is -0.656. The molecule has 0 aromatic carbocycles. The first kappa shape index (κ1) is 14.9. The van der Waals surface area contributed by atoms with Crippen molar-refractivity contribution >= 4 is 21.9 Å². The van der Waals surface area contributed by atoms with E-state index < -0.39 is 27.4 Å². The summed E-state index contributed by atoms with van der Waals surface area (Å²) in [7, 11) is -1.98. The van der Waals surface area contributed by atoms with E-state index in [4.69, 9.17) is 5.11 Å². The van der Waals surface area contributed by atoms with E-state index in [1.807, 2.05) is 0 Å². The topological polar surface area (TPSA) is 95.0 Å². The minimum atomic E-state index is -3.34. The van der Waals surface area contributed by atoms with Crippen molar-refractivity contribution in [3.05, 3.63) is 0 Å². The molecule has 0 atom stereocenters. The Morgan fingerprint density at radius 2 is 1.94 bits per heavy atom. The fourth-order valence-corrected chi connectivity index (χ4v) is 3.05. The zero-order valence-electron chi connectivity index (χ0n) is 10.7. The molecular formula is C10H18N2O5S. The molecule has 1 fully saturated rings. The van der Waals surface area contributed by atoms with Crippen LogP contribution in [0.2, 0.25) is 0 Å². The van der Waals surface area contributed by atoms with Crippen molar-refractivity contribution in [3.63, 3.8) is 0 Å². The molecule has 0 saturated carbocycles. The van der Waals surface area contributed by atoms with Gasteiger partial charge < -0.3 is 10.0 Å². The van der Waals surface area contributed by atoms with Gasteiger partial charge in [0.25, 0.3) is 0 Å². The number of sulfonamides is 1. The van der Waals surface area contributed by atoms with Crippen molar-refractivity contribution in [1.29, 1.82) is 0 Å². The van der Waals surface area contributed by atoms with E-state index in [0.29, 0.717) is 13.0 Å². The van der Waals surface area contributed by atoms with Crippen LogP contribution in [0.5, 0.6) is 0 Å². The summed E-state index contributed by atoms with van der Waals surface area (Å²) < 4.78 is 24.2. The first-order valence-electron chi connectivity index (χ1n) is 5.57. The second kappa shape index (κ2) is 4.85. The Labute approximate surface area is 106 Å². The number of nitrogens with zero attached hydrogens (tertiary/aromatic N) is 2. The molecule has 7 nitrogen and oxygen atoms in total. The zero-order chi connectivity index (χ0) is 14.1. The van der Waals surface area contributed by atoms with E-state index in [1.54, 1.807) is 0 Å². The Morgan fingerprint density at radius 1 is 1.39 bits per heavy atom. The Morgan fingerprint density at radius 3 is 2.33 bits per heavy atom. The summed E-state index contributed by atoms with van der Waals surface area (Å²) in [6.07, 6.45) is 0.502. The SMILES string of the molecule is CN(C(=O)CN1CCCS1(=O)=O)C(C)(C)C(=O)O. The highest BCUT2D eigenvalue weighted by Gasteiger charge is 2.37. The Hall–Kier alpha value is -1.15. The van der Waals surface area contributed by atoms with Crippen LogP contribution in [0.25, 0.3) is 0 Å². The summed E-state index contributed by atoms with van der Waals surface area (Å²) in [6.45, 7) is 2.81. The smallest absolute Gasteiger partial charge is 0.329 e. The molecule has 1 saturated heterocycles. The molecule has 8 heteroatoms. The molecule has 0 aromatic heterocycles. The number of rotatable bonds is 4. The van der Waals surface area contributed by atoms with Crippen molar-refractivity contribution in [3.8, 4) is 0 Å². The van der Waals surface area contributed by atoms with E-state index in [1.165, 1.54) is 20.9 Å². The van der Waals surface area contributed by atoms with Gasteiger partial charge in [-0.3, -0.25) is 4.79 Å². The fraction of sp³-hybridized carbons (Fsp3) is 0.800. The number of carboxylic acids is 1. The summed E-state index contributed by atoms with van der Waals surface area (Å²) >= 11 is 0. The van der Waals surface area contributed by atoms with E-state index >= 15 is 0 Å². The number of carboxylic acid groups (broad SMARTS) is 1. The average Bonchev–Trinajstić information content (AvgIpc) is 2.56. The molecule has 1 rings (SSSR count). The van der Waals surface area contributed by atoms with Crippen molar-refractivity contribution < 1.29 is 23.1 Å². The number of amides is 1. The highest BCUT2D eigenvalue weighted by Crippen LogP contribution is 2.16. The van der Waals surface area contributed by atoms with Crippen molar-refractivity contribution in [1.82, 2.24) is 9.21 Å². The third-order valence-electron chi connectivity index (χ3n) is 3.25. The Kier molecular flexibility index (Phi) is 4.02. The minimum Gasteiger partial charge on any atom is -0.480 e. The highest BCUT2D eigenvalue weighted by atomic mass is 32.2. The first-order valence-corrected chi connectivity index (χ1v) is 7.18. The maximum Gasteiger partial charge on any atom is 0.329 e. The Balaban J connectivity index is 2.75. The molecule has 0 spiro atoms. The van der Waals surface area contributed by atoms with Gasteiger partial charge in [-0.05, 0) is 20.3 Å². The average molecular weight is 278 g/mol. The molecule has 1 heterocycles. The molecule has 1 N–H and O–H groups in total. The van der Waals surface area contributed by atoms with Gasteiger partial charge >= 0.3 is 5.97 Å². The van der Waals surface area contributed by atoms with Gasteiger partial charge in [0.1, 0.15) is 5.54 Å². The lowest BCUT2D eigenvalue weighted by molar-refractivity contribution is -0.155. The normalized spacial score (nSPS) is 19.7. The fourth-order valence-electron chi connectivity index (χ4n) is 1.58. The van der Waals surface area contributed by atoms with Crippen LogP contribution < -0.4 is 0 Å². The molecular weight excluding hydrogens is 260 g/mol. The molecule has 0 radical (unpaired) electrons. The van der Waals surface area contributed by atoms with E-state index in [9.17, 15) is 18.0 Å². The lowest BCUT2D eigenvalue weighted by Gasteiger charge is -2.32. The molecule has 0 aliphatic carbocycles. The lowest BCUT2D eigenvalue weighted by Crippen LogP contribution is -2.53. The van der Waals surface area contributed by atoms with Gasteiger partial charge in [-0.1, -0.05) is 0 Å². The number of carbonyl (C=O) groups is 2. The second-order valence-electron chi connectivity index (χ2n) is 4.82. The number of likely N-dealkylation sites (N-methyl/N-ethyl adjacent to an activating group) is 1. The Bertz CT molecular complexity index is 457. The number of carbonyl (C=O) groups excluding carboxylic acids is 1. The number of hydrogen-bond donors (Lipinski definition) is 1. The monoisotopic (exact) mass is 278 g/mol. The molecule has 18 heavy (non-hydrogen) atoms. The van der Waals surface area contributed by atoms with Gasteiger partial charge in [-0.2, -0.15) is 4.31 Å².